The second-order valence-electron chi connectivity index (χ2n) is 7.69. The third-order valence-corrected chi connectivity index (χ3v) is 4.46. The van der Waals surface area contributed by atoms with Gasteiger partial charge in [0.15, 0.2) is 0 Å². The van der Waals surface area contributed by atoms with Crippen molar-refractivity contribution in [2.75, 3.05) is 0 Å². The SMILES string of the molecule is CC(C)(C)n1nc(C(=O)NCc2nc3ccccc3[nH]2)cc1C1CC1. The number of para-hydroxylation sites is 2. The lowest BCUT2D eigenvalue weighted by Crippen LogP contribution is -2.27. The molecule has 0 aliphatic heterocycles. The van der Waals surface area contributed by atoms with Crippen molar-refractivity contribution in [3.63, 3.8) is 0 Å². The van der Waals surface area contributed by atoms with Crippen LogP contribution in [-0.2, 0) is 12.1 Å². The highest BCUT2D eigenvalue weighted by Gasteiger charge is 2.32. The van der Waals surface area contributed by atoms with E-state index < -0.39 is 0 Å². The van der Waals surface area contributed by atoms with E-state index in [9.17, 15) is 4.79 Å². The van der Waals surface area contributed by atoms with Crippen LogP contribution >= 0.6 is 0 Å². The predicted molar refractivity (Wildman–Crippen MR) is 96.5 cm³/mol. The molecule has 1 aliphatic carbocycles. The molecule has 1 aromatic carbocycles. The molecule has 0 unspecified atom stereocenters. The zero-order valence-corrected chi connectivity index (χ0v) is 14.8. The highest BCUT2D eigenvalue weighted by molar-refractivity contribution is 5.92. The Labute approximate surface area is 146 Å². The Kier molecular flexibility index (Phi) is 3.63. The largest absolute Gasteiger partial charge is 0.343 e. The zero-order valence-electron chi connectivity index (χ0n) is 14.8. The Morgan fingerprint density at radius 3 is 2.76 bits per heavy atom. The molecule has 2 heterocycles. The molecule has 1 saturated carbocycles. The van der Waals surface area contributed by atoms with Gasteiger partial charge < -0.3 is 10.3 Å². The molecule has 25 heavy (non-hydrogen) atoms. The topological polar surface area (TPSA) is 75.6 Å². The van der Waals surface area contributed by atoms with Crippen LogP contribution in [-0.4, -0.2) is 25.7 Å². The molecule has 130 valence electrons. The molecule has 0 atom stereocenters. The molecule has 2 N–H and O–H groups in total. The van der Waals surface area contributed by atoms with E-state index in [0.29, 0.717) is 18.2 Å². The number of rotatable bonds is 4. The molecule has 6 heteroatoms. The van der Waals surface area contributed by atoms with E-state index in [4.69, 9.17) is 0 Å². The highest BCUT2D eigenvalue weighted by Crippen LogP contribution is 2.41. The second-order valence-corrected chi connectivity index (χ2v) is 7.69. The van der Waals surface area contributed by atoms with Gasteiger partial charge in [0.2, 0.25) is 0 Å². The van der Waals surface area contributed by atoms with Gasteiger partial charge in [0.1, 0.15) is 11.5 Å². The van der Waals surface area contributed by atoms with Crippen molar-refractivity contribution in [3.05, 3.63) is 47.5 Å². The van der Waals surface area contributed by atoms with Crippen LogP contribution in [0.15, 0.2) is 30.3 Å². The van der Waals surface area contributed by atoms with Gasteiger partial charge in [-0.3, -0.25) is 9.48 Å². The Bertz CT molecular complexity index is 894. The molecule has 0 radical (unpaired) electrons. The summed E-state index contributed by atoms with van der Waals surface area (Å²) in [6, 6.07) is 9.77. The third kappa shape index (κ3) is 3.16. The van der Waals surface area contributed by atoms with Gasteiger partial charge in [-0.1, -0.05) is 12.1 Å². The van der Waals surface area contributed by atoms with Gasteiger partial charge in [0.05, 0.1) is 23.1 Å². The smallest absolute Gasteiger partial charge is 0.272 e. The van der Waals surface area contributed by atoms with Gasteiger partial charge in [0, 0.05) is 11.6 Å². The first kappa shape index (κ1) is 15.9. The van der Waals surface area contributed by atoms with Crippen LogP contribution in [0.25, 0.3) is 11.0 Å². The van der Waals surface area contributed by atoms with Crippen molar-refractivity contribution in [3.8, 4) is 0 Å². The van der Waals surface area contributed by atoms with E-state index in [1.807, 2.05) is 35.0 Å². The molecular weight excluding hydrogens is 314 g/mol. The van der Waals surface area contributed by atoms with Crippen molar-refractivity contribution in [1.29, 1.82) is 0 Å². The molecule has 2 aromatic heterocycles. The van der Waals surface area contributed by atoms with Crippen LogP contribution in [0, 0.1) is 0 Å². The van der Waals surface area contributed by atoms with Gasteiger partial charge in [-0.15, -0.1) is 0 Å². The number of hydrogen-bond donors (Lipinski definition) is 2. The summed E-state index contributed by atoms with van der Waals surface area (Å²) in [5.74, 6) is 1.13. The van der Waals surface area contributed by atoms with Gasteiger partial charge in [0.25, 0.3) is 5.91 Å². The van der Waals surface area contributed by atoms with E-state index in [2.05, 4.69) is 41.2 Å². The predicted octanol–water partition coefficient (Wildman–Crippen LogP) is 3.32. The molecule has 1 amide bonds. The number of fused-ring (bicyclic) bond motifs is 1. The van der Waals surface area contributed by atoms with Gasteiger partial charge in [-0.05, 0) is 51.8 Å². The van der Waals surface area contributed by atoms with Crippen molar-refractivity contribution in [1.82, 2.24) is 25.1 Å². The number of imidazole rings is 1. The van der Waals surface area contributed by atoms with Crippen molar-refractivity contribution in [2.45, 2.75) is 51.6 Å². The standard InChI is InChI=1S/C19H23N5O/c1-19(2,3)24-16(12-8-9-12)10-15(23-24)18(25)20-11-17-21-13-6-4-5-7-14(13)22-17/h4-7,10,12H,8-9,11H2,1-3H3,(H,20,25)(H,21,22). The normalized spacial score (nSPS) is 14.8. The number of aromatic amines is 1. The number of aromatic nitrogens is 4. The van der Waals surface area contributed by atoms with Crippen LogP contribution in [0.2, 0.25) is 0 Å². The van der Waals surface area contributed by atoms with E-state index >= 15 is 0 Å². The molecule has 1 fully saturated rings. The van der Waals surface area contributed by atoms with Gasteiger partial charge in [-0.2, -0.15) is 5.10 Å². The second kappa shape index (κ2) is 5.72. The summed E-state index contributed by atoms with van der Waals surface area (Å²) in [6.07, 6.45) is 2.36. The lowest BCUT2D eigenvalue weighted by atomic mass is 10.1. The van der Waals surface area contributed by atoms with Crippen LogP contribution < -0.4 is 5.32 Å². The van der Waals surface area contributed by atoms with Crippen molar-refractivity contribution in [2.24, 2.45) is 0 Å². The molecule has 0 saturated heterocycles. The molecule has 1 aliphatic rings. The Balaban J connectivity index is 1.51. The van der Waals surface area contributed by atoms with Crippen molar-refractivity contribution >= 4 is 16.9 Å². The van der Waals surface area contributed by atoms with E-state index in [-0.39, 0.29) is 11.4 Å². The number of hydrogen-bond acceptors (Lipinski definition) is 3. The molecule has 0 bridgehead atoms. The minimum absolute atomic E-state index is 0.130. The first-order chi connectivity index (χ1) is 11.9. The lowest BCUT2D eigenvalue weighted by Gasteiger charge is -2.22. The average molecular weight is 337 g/mol. The molecule has 4 rings (SSSR count). The molecule has 0 spiro atoms. The summed E-state index contributed by atoms with van der Waals surface area (Å²) in [4.78, 5) is 20.2. The van der Waals surface area contributed by atoms with Gasteiger partial charge >= 0.3 is 0 Å². The number of carbonyl (C=O) groups excluding carboxylic acids is 1. The Morgan fingerprint density at radius 1 is 1.32 bits per heavy atom. The summed E-state index contributed by atoms with van der Waals surface area (Å²) in [6.45, 7) is 6.69. The summed E-state index contributed by atoms with van der Waals surface area (Å²) in [7, 11) is 0. The number of nitrogens with one attached hydrogen (secondary N) is 2. The molecule has 3 aromatic rings. The van der Waals surface area contributed by atoms with Crippen LogP contribution in [0.4, 0.5) is 0 Å². The fraction of sp³-hybridized carbons (Fsp3) is 0.421. The average Bonchev–Trinajstić information content (AvgIpc) is 3.16. The number of H-pyrrole nitrogens is 1. The number of carbonyl (C=O) groups is 1. The minimum atomic E-state index is -0.162. The molecular formula is C19H23N5O. The van der Waals surface area contributed by atoms with E-state index in [1.54, 1.807) is 0 Å². The monoisotopic (exact) mass is 337 g/mol. The Morgan fingerprint density at radius 2 is 2.08 bits per heavy atom. The number of benzene rings is 1. The first-order valence-electron chi connectivity index (χ1n) is 8.74. The van der Waals surface area contributed by atoms with E-state index in [1.165, 1.54) is 18.5 Å². The summed E-state index contributed by atoms with van der Waals surface area (Å²) >= 11 is 0. The minimum Gasteiger partial charge on any atom is -0.343 e. The number of nitrogens with zero attached hydrogens (tertiary/aromatic N) is 3. The maximum Gasteiger partial charge on any atom is 0.272 e. The summed E-state index contributed by atoms with van der Waals surface area (Å²) < 4.78 is 2.00. The van der Waals surface area contributed by atoms with Crippen molar-refractivity contribution < 1.29 is 4.79 Å². The van der Waals surface area contributed by atoms with Crippen LogP contribution in [0.5, 0.6) is 0 Å². The maximum atomic E-state index is 12.5. The first-order valence-corrected chi connectivity index (χ1v) is 8.74. The van der Waals surface area contributed by atoms with E-state index in [0.717, 1.165) is 16.9 Å². The zero-order chi connectivity index (χ0) is 17.6. The van der Waals surface area contributed by atoms with Gasteiger partial charge in [-0.25, -0.2) is 4.98 Å². The summed E-state index contributed by atoms with van der Waals surface area (Å²) in [5.41, 5.74) is 3.39. The lowest BCUT2D eigenvalue weighted by molar-refractivity contribution is 0.0943. The third-order valence-electron chi connectivity index (χ3n) is 4.46. The summed E-state index contributed by atoms with van der Waals surface area (Å²) in [5, 5.41) is 7.49. The highest BCUT2D eigenvalue weighted by atomic mass is 16.1. The fourth-order valence-corrected chi connectivity index (χ4v) is 3.06. The Hall–Kier alpha value is -2.63. The quantitative estimate of drug-likeness (QED) is 0.767. The fourth-order valence-electron chi connectivity index (χ4n) is 3.06. The molecule has 6 nitrogen and oxygen atoms in total. The number of amides is 1. The van der Waals surface area contributed by atoms with Crippen LogP contribution in [0.3, 0.4) is 0 Å². The maximum absolute atomic E-state index is 12.5. The van der Waals surface area contributed by atoms with Crippen LogP contribution in [0.1, 0.15) is 61.5 Å².